The van der Waals surface area contributed by atoms with Crippen LogP contribution in [-0.4, -0.2) is 24.1 Å². The average Bonchev–Trinajstić information content (AvgIpc) is 2.81. The lowest BCUT2D eigenvalue weighted by molar-refractivity contribution is -0.143. The van der Waals surface area contributed by atoms with Crippen molar-refractivity contribution in [3.05, 3.63) is 21.4 Å². The van der Waals surface area contributed by atoms with E-state index < -0.39 is 0 Å². The molecule has 0 bridgehead atoms. The van der Waals surface area contributed by atoms with E-state index in [1.54, 1.807) is 16.4 Å². The molecule has 0 radical (unpaired) electrons. The van der Waals surface area contributed by atoms with Crippen LogP contribution in [0, 0.1) is 5.92 Å². The second-order valence-corrected chi connectivity index (χ2v) is 6.49. The molecule has 0 spiro atoms. The fourth-order valence-electron chi connectivity index (χ4n) is 2.69. The number of hydroxylamine groups is 2. The predicted molar refractivity (Wildman–Crippen MR) is 71.7 cm³/mol. The molecule has 98 valence electrons. The largest absolute Gasteiger partial charge is 0.287 e. The quantitative estimate of drug-likeness (QED) is 0.781. The first-order chi connectivity index (χ1) is 8.74. The van der Waals surface area contributed by atoms with Crippen molar-refractivity contribution in [2.24, 2.45) is 5.92 Å². The van der Waals surface area contributed by atoms with Crippen LogP contribution in [0.5, 0.6) is 0 Å². The number of amides is 1. The van der Waals surface area contributed by atoms with Gasteiger partial charge in [-0.05, 0) is 49.7 Å². The number of fused-ring (bicyclic) bond motifs is 1. The molecule has 3 nitrogen and oxygen atoms in total. The number of aryl methyl sites for hydroxylation is 1. The zero-order chi connectivity index (χ0) is 12.5. The molecule has 0 aromatic carbocycles. The Morgan fingerprint density at radius 1 is 1.50 bits per heavy atom. The molecule has 18 heavy (non-hydrogen) atoms. The number of thiophene rings is 1. The van der Waals surface area contributed by atoms with E-state index in [0.717, 1.165) is 43.0 Å². The molecule has 1 aliphatic carbocycles. The maximum Gasteiger partial charge on any atom is 0.287 e. The summed E-state index contributed by atoms with van der Waals surface area (Å²) in [5, 5.41) is 1.55. The van der Waals surface area contributed by atoms with Crippen molar-refractivity contribution in [2.45, 2.75) is 39.0 Å². The van der Waals surface area contributed by atoms with Crippen LogP contribution in [0.15, 0.2) is 6.07 Å². The third-order valence-electron chi connectivity index (χ3n) is 3.77. The number of hydrogen-bond donors (Lipinski definition) is 0. The van der Waals surface area contributed by atoms with Crippen LogP contribution in [0.3, 0.4) is 0 Å². The maximum absolute atomic E-state index is 12.3. The van der Waals surface area contributed by atoms with E-state index in [4.69, 9.17) is 4.84 Å². The van der Waals surface area contributed by atoms with E-state index >= 15 is 0 Å². The second-order valence-electron chi connectivity index (χ2n) is 5.35. The minimum atomic E-state index is 0.0572. The topological polar surface area (TPSA) is 29.5 Å². The van der Waals surface area contributed by atoms with Gasteiger partial charge in [0.2, 0.25) is 0 Å². The summed E-state index contributed by atoms with van der Waals surface area (Å²) in [5.74, 6) is 0.808. The van der Waals surface area contributed by atoms with Gasteiger partial charge in [0, 0.05) is 11.4 Å². The summed E-state index contributed by atoms with van der Waals surface area (Å²) in [6, 6.07) is 2.09. The van der Waals surface area contributed by atoms with Gasteiger partial charge in [-0.25, -0.2) is 5.06 Å². The Morgan fingerprint density at radius 3 is 3.17 bits per heavy atom. The number of hydrogen-bond acceptors (Lipinski definition) is 3. The minimum absolute atomic E-state index is 0.0572. The standard InChI is InChI=1S/C14H19NO2S/c1-10-4-5-12-11(8-10)9-13(18-12)14(16)15-6-2-3-7-17-15/h9-10H,2-8H2,1H3. The molecule has 1 aromatic heterocycles. The fraction of sp³-hybridized carbons (Fsp3) is 0.643. The van der Waals surface area contributed by atoms with Gasteiger partial charge in [0.25, 0.3) is 5.91 Å². The first-order valence-corrected chi connectivity index (χ1v) is 7.62. The van der Waals surface area contributed by atoms with Crippen LogP contribution in [0.2, 0.25) is 0 Å². The summed E-state index contributed by atoms with van der Waals surface area (Å²) in [7, 11) is 0. The number of nitrogens with zero attached hydrogens (tertiary/aromatic N) is 1. The Hall–Kier alpha value is -0.870. The summed E-state index contributed by atoms with van der Waals surface area (Å²) in [5.41, 5.74) is 1.39. The smallest absolute Gasteiger partial charge is 0.271 e. The van der Waals surface area contributed by atoms with Crippen LogP contribution in [-0.2, 0) is 17.7 Å². The second kappa shape index (κ2) is 5.02. The number of carbonyl (C=O) groups is 1. The third kappa shape index (κ3) is 2.31. The Labute approximate surface area is 112 Å². The van der Waals surface area contributed by atoms with Gasteiger partial charge in [0.05, 0.1) is 11.5 Å². The molecule has 1 aromatic rings. The lowest BCUT2D eigenvalue weighted by atomic mass is 9.90. The van der Waals surface area contributed by atoms with Crippen molar-refractivity contribution in [2.75, 3.05) is 13.2 Å². The van der Waals surface area contributed by atoms with E-state index in [2.05, 4.69) is 13.0 Å². The maximum atomic E-state index is 12.3. The minimum Gasteiger partial charge on any atom is -0.271 e. The Bertz CT molecular complexity index is 449. The van der Waals surface area contributed by atoms with E-state index in [1.807, 2.05) is 0 Å². The van der Waals surface area contributed by atoms with Crippen LogP contribution < -0.4 is 0 Å². The summed E-state index contributed by atoms with van der Waals surface area (Å²) in [4.78, 5) is 20.0. The Balaban J connectivity index is 1.78. The molecule has 1 fully saturated rings. The Kier molecular flexibility index (Phi) is 3.39. The van der Waals surface area contributed by atoms with Crippen LogP contribution >= 0.6 is 11.3 Å². The van der Waals surface area contributed by atoms with Crippen molar-refractivity contribution in [1.82, 2.24) is 5.06 Å². The monoisotopic (exact) mass is 265 g/mol. The lowest BCUT2D eigenvalue weighted by Gasteiger charge is -2.25. The molecule has 1 saturated heterocycles. The highest BCUT2D eigenvalue weighted by atomic mass is 32.1. The third-order valence-corrected chi connectivity index (χ3v) is 4.99. The van der Waals surface area contributed by atoms with Gasteiger partial charge in [-0.15, -0.1) is 11.3 Å². The predicted octanol–water partition coefficient (Wildman–Crippen LogP) is 3.04. The van der Waals surface area contributed by atoms with Crippen LogP contribution in [0.25, 0.3) is 0 Å². The summed E-state index contributed by atoms with van der Waals surface area (Å²) in [6.07, 6.45) is 5.62. The van der Waals surface area contributed by atoms with Crippen molar-refractivity contribution < 1.29 is 9.63 Å². The average molecular weight is 265 g/mol. The van der Waals surface area contributed by atoms with Crippen molar-refractivity contribution in [3.8, 4) is 0 Å². The highest BCUT2D eigenvalue weighted by Crippen LogP contribution is 2.32. The summed E-state index contributed by atoms with van der Waals surface area (Å²) in [6.45, 7) is 3.70. The molecule has 2 aliphatic rings. The zero-order valence-electron chi connectivity index (χ0n) is 10.8. The normalized spacial score (nSPS) is 23.8. The van der Waals surface area contributed by atoms with Gasteiger partial charge < -0.3 is 0 Å². The summed E-state index contributed by atoms with van der Waals surface area (Å²) >= 11 is 1.67. The molecular formula is C14H19NO2S. The van der Waals surface area contributed by atoms with Gasteiger partial charge in [-0.1, -0.05) is 6.92 Å². The fourth-order valence-corrected chi connectivity index (χ4v) is 3.84. The molecule has 4 heteroatoms. The molecular weight excluding hydrogens is 246 g/mol. The number of carbonyl (C=O) groups excluding carboxylic acids is 1. The van der Waals surface area contributed by atoms with Crippen LogP contribution in [0.1, 0.15) is 46.3 Å². The number of rotatable bonds is 1. The lowest BCUT2D eigenvalue weighted by Crippen LogP contribution is -2.35. The van der Waals surface area contributed by atoms with E-state index in [-0.39, 0.29) is 5.91 Å². The van der Waals surface area contributed by atoms with Gasteiger partial charge in [0.15, 0.2) is 0 Å². The van der Waals surface area contributed by atoms with E-state index in [0.29, 0.717) is 6.61 Å². The molecule has 0 saturated carbocycles. The molecule has 3 rings (SSSR count). The van der Waals surface area contributed by atoms with Gasteiger partial charge in [-0.2, -0.15) is 0 Å². The van der Waals surface area contributed by atoms with Gasteiger partial charge >= 0.3 is 0 Å². The molecule has 1 aliphatic heterocycles. The highest BCUT2D eigenvalue weighted by Gasteiger charge is 2.25. The molecule has 1 amide bonds. The first kappa shape index (κ1) is 12.2. The SMILES string of the molecule is CC1CCc2sc(C(=O)N3CCCCO3)cc2C1. The van der Waals surface area contributed by atoms with Crippen LogP contribution in [0.4, 0.5) is 0 Å². The highest BCUT2D eigenvalue weighted by molar-refractivity contribution is 7.14. The van der Waals surface area contributed by atoms with Crippen molar-refractivity contribution in [1.29, 1.82) is 0 Å². The molecule has 1 unspecified atom stereocenters. The first-order valence-electron chi connectivity index (χ1n) is 6.80. The molecule has 2 heterocycles. The van der Waals surface area contributed by atoms with Crippen molar-refractivity contribution >= 4 is 17.2 Å². The van der Waals surface area contributed by atoms with Gasteiger partial charge in [-0.3, -0.25) is 9.63 Å². The summed E-state index contributed by atoms with van der Waals surface area (Å²) < 4.78 is 0. The Morgan fingerprint density at radius 2 is 2.39 bits per heavy atom. The zero-order valence-corrected chi connectivity index (χ0v) is 11.6. The molecule has 1 atom stereocenters. The van der Waals surface area contributed by atoms with Crippen molar-refractivity contribution in [3.63, 3.8) is 0 Å². The molecule has 0 N–H and O–H groups in total. The van der Waals surface area contributed by atoms with E-state index in [1.165, 1.54) is 16.9 Å². The van der Waals surface area contributed by atoms with Gasteiger partial charge in [0.1, 0.15) is 0 Å². The van der Waals surface area contributed by atoms with E-state index in [9.17, 15) is 4.79 Å².